The fourth-order valence-corrected chi connectivity index (χ4v) is 4.48. The van der Waals surface area contributed by atoms with Crippen molar-refractivity contribution in [3.63, 3.8) is 0 Å². The number of methoxy groups -OCH3 is 4. The second-order valence-corrected chi connectivity index (χ2v) is 8.46. The summed E-state index contributed by atoms with van der Waals surface area (Å²) < 4.78 is 18.1. The number of benzene rings is 1. The smallest absolute Gasteiger partial charge is 0.357 e. The molecule has 1 aromatic carbocycles. The highest BCUT2D eigenvalue weighted by Crippen LogP contribution is 2.47. The van der Waals surface area contributed by atoms with Crippen LogP contribution in [0.4, 0.5) is 0 Å². The summed E-state index contributed by atoms with van der Waals surface area (Å²) in [5.41, 5.74) is -0.453. The molecule has 0 amide bonds. The quantitative estimate of drug-likeness (QED) is 0.262. The molecule has 0 aliphatic heterocycles. The van der Waals surface area contributed by atoms with Crippen molar-refractivity contribution >= 4 is 35.6 Å². The molecule has 11 heteroatoms. The number of ether oxygens (including phenoxy) is 4. The van der Waals surface area contributed by atoms with Gasteiger partial charge in [-0.15, -0.1) is 11.8 Å². The van der Waals surface area contributed by atoms with Crippen molar-refractivity contribution in [3.8, 4) is 0 Å². The standard InChI is InChI=1S/C23H26N2O8S/c1-30-17(26)10-12-23(13-11-18(27)31-2,34-15-8-6-5-7-9-15)22-24-14-16(20(28)32-3)19(25-22)21(29)33-4/h5-9,14H,10-13H2,1-4H3. The van der Waals surface area contributed by atoms with Crippen molar-refractivity contribution in [3.05, 3.63) is 53.6 Å². The lowest BCUT2D eigenvalue weighted by molar-refractivity contribution is -0.141. The van der Waals surface area contributed by atoms with Crippen molar-refractivity contribution in [2.24, 2.45) is 0 Å². The number of carbonyl (C=O) groups is 4. The van der Waals surface area contributed by atoms with Crippen LogP contribution in [-0.2, 0) is 33.3 Å². The Morgan fingerprint density at radius 1 is 0.824 bits per heavy atom. The van der Waals surface area contributed by atoms with Gasteiger partial charge < -0.3 is 18.9 Å². The molecule has 0 N–H and O–H groups in total. The van der Waals surface area contributed by atoms with Crippen molar-refractivity contribution in [2.45, 2.75) is 35.3 Å². The molecule has 2 aromatic rings. The van der Waals surface area contributed by atoms with E-state index in [9.17, 15) is 19.2 Å². The molecule has 0 spiro atoms. The molecule has 0 saturated carbocycles. The summed E-state index contributed by atoms with van der Waals surface area (Å²) in [4.78, 5) is 58.3. The highest BCUT2D eigenvalue weighted by Gasteiger charge is 2.39. The van der Waals surface area contributed by atoms with Crippen LogP contribution in [0.25, 0.3) is 0 Å². The minimum absolute atomic E-state index is 0.00677. The molecule has 34 heavy (non-hydrogen) atoms. The summed E-state index contributed by atoms with van der Waals surface area (Å²) in [5.74, 6) is -2.45. The molecule has 0 fully saturated rings. The summed E-state index contributed by atoms with van der Waals surface area (Å²) >= 11 is 1.33. The number of hydrogen-bond donors (Lipinski definition) is 0. The van der Waals surface area contributed by atoms with Crippen molar-refractivity contribution in [1.29, 1.82) is 0 Å². The van der Waals surface area contributed by atoms with Crippen LogP contribution in [0.5, 0.6) is 0 Å². The van der Waals surface area contributed by atoms with E-state index >= 15 is 0 Å². The number of esters is 4. The van der Waals surface area contributed by atoms with Crippen LogP contribution in [0.3, 0.4) is 0 Å². The van der Waals surface area contributed by atoms with E-state index < -0.39 is 28.6 Å². The van der Waals surface area contributed by atoms with Gasteiger partial charge in [0, 0.05) is 23.9 Å². The molecule has 1 heterocycles. The van der Waals surface area contributed by atoms with Gasteiger partial charge in [0.15, 0.2) is 5.69 Å². The minimum Gasteiger partial charge on any atom is -0.469 e. The topological polar surface area (TPSA) is 131 Å². The molecule has 10 nitrogen and oxygen atoms in total. The van der Waals surface area contributed by atoms with E-state index in [1.165, 1.54) is 39.3 Å². The number of nitrogens with zero attached hydrogens (tertiary/aromatic N) is 2. The first-order valence-corrected chi connectivity index (χ1v) is 11.0. The Labute approximate surface area is 201 Å². The Bertz CT molecular complexity index is 1010. The van der Waals surface area contributed by atoms with E-state index in [1.54, 1.807) is 0 Å². The van der Waals surface area contributed by atoms with Gasteiger partial charge in [0.2, 0.25) is 0 Å². The van der Waals surface area contributed by atoms with E-state index in [-0.39, 0.29) is 42.8 Å². The second kappa shape index (κ2) is 12.7. The lowest BCUT2D eigenvalue weighted by atomic mass is 9.94. The average molecular weight is 491 g/mol. The SMILES string of the molecule is COC(=O)CCC(CCC(=O)OC)(Sc1ccccc1)c1ncc(C(=O)OC)c(C(=O)OC)n1. The van der Waals surface area contributed by atoms with Gasteiger partial charge in [-0.25, -0.2) is 19.6 Å². The maximum atomic E-state index is 12.4. The van der Waals surface area contributed by atoms with Crippen LogP contribution < -0.4 is 0 Å². The van der Waals surface area contributed by atoms with E-state index in [2.05, 4.69) is 9.97 Å². The second-order valence-electron chi connectivity index (χ2n) is 7.00. The maximum Gasteiger partial charge on any atom is 0.357 e. The van der Waals surface area contributed by atoms with E-state index in [0.29, 0.717) is 0 Å². The summed E-state index contributed by atoms with van der Waals surface area (Å²) in [6.45, 7) is 0. The first-order valence-electron chi connectivity index (χ1n) is 10.2. The van der Waals surface area contributed by atoms with Gasteiger partial charge >= 0.3 is 23.9 Å². The van der Waals surface area contributed by atoms with Crippen LogP contribution in [0, 0.1) is 0 Å². The van der Waals surface area contributed by atoms with Crippen LogP contribution in [0.2, 0.25) is 0 Å². The summed E-state index contributed by atoms with van der Waals surface area (Å²) in [6.07, 6.45) is 1.51. The molecular formula is C23H26N2O8S. The molecule has 1 aromatic heterocycles. The fourth-order valence-electron chi connectivity index (χ4n) is 3.14. The van der Waals surface area contributed by atoms with Crippen LogP contribution >= 0.6 is 11.8 Å². The van der Waals surface area contributed by atoms with Gasteiger partial charge in [0.25, 0.3) is 0 Å². The first kappa shape index (κ1) is 26.8. The highest BCUT2D eigenvalue weighted by molar-refractivity contribution is 8.00. The molecule has 0 radical (unpaired) electrons. The third-order valence-electron chi connectivity index (χ3n) is 4.96. The third kappa shape index (κ3) is 6.77. The van der Waals surface area contributed by atoms with Gasteiger partial charge in [0.05, 0.1) is 33.2 Å². The predicted molar refractivity (Wildman–Crippen MR) is 121 cm³/mol. The molecule has 0 atom stereocenters. The minimum atomic E-state index is -1.05. The number of thioether (sulfide) groups is 1. The zero-order valence-electron chi connectivity index (χ0n) is 19.4. The summed E-state index contributed by atoms with van der Waals surface area (Å²) in [5, 5.41) is 0. The zero-order valence-corrected chi connectivity index (χ0v) is 20.2. The van der Waals surface area contributed by atoms with Gasteiger partial charge in [-0.05, 0) is 25.0 Å². The monoisotopic (exact) mass is 490 g/mol. The predicted octanol–water partition coefficient (Wildman–Crippen LogP) is 2.94. The first-order chi connectivity index (χ1) is 16.3. The third-order valence-corrected chi connectivity index (χ3v) is 6.45. The number of hydrogen-bond acceptors (Lipinski definition) is 11. The molecule has 0 bridgehead atoms. The van der Waals surface area contributed by atoms with E-state index in [1.807, 2.05) is 30.3 Å². The van der Waals surface area contributed by atoms with Gasteiger partial charge in [-0.2, -0.15) is 0 Å². The van der Waals surface area contributed by atoms with Crippen molar-refractivity contribution in [2.75, 3.05) is 28.4 Å². The van der Waals surface area contributed by atoms with Crippen molar-refractivity contribution in [1.82, 2.24) is 9.97 Å². The van der Waals surface area contributed by atoms with Crippen LogP contribution in [-0.4, -0.2) is 62.3 Å². The molecule has 0 saturated heterocycles. The molecule has 182 valence electrons. The Morgan fingerprint density at radius 2 is 1.38 bits per heavy atom. The Kier molecular flexibility index (Phi) is 9.99. The molecule has 0 aliphatic carbocycles. The van der Waals surface area contributed by atoms with Crippen LogP contribution in [0.1, 0.15) is 52.4 Å². The molecule has 0 aliphatic rings. The number of rotatable bonds is 11. The van der Waals surface area contributed by atoms with E-state index in [4.69, 9.17) is 18.9 Å². The van der Waals surface area contributed by atoms with Gasteiger partial charge in [-0.3, -0.25) is 9.59 Å². The largest absolute Gasteiger partial charge is 0.469 e. The molecular weight excluding hydrogens is 464 g/mol. The normalized spacial score (nSPS) is 10.8. The number of aromatic nitrogens is 2. The highest BCUT2D eigenvalue weighted by atomic mass is 32.2. The maximum absolute atomic E-state index is 12.4. The Hall–Kier alpha value is -3.47. The lowest BCUT2D eigenvalue weighted by Crippen LogP contribution is -2.29. The molecule has 0 unspecified atom stereocenters. The van der Waals surface area contributed by atoms with Crippen LogP contribution in [0.15, 0.2) is 41.4 Å². The Morgan fingerprint density at radius 3 is 1.88 bits per heavy atom. The Balaban J connectivity index is 2.69. The summed E-state index contributed by atoms with van der Waals surface area (Å²) in [7, 11) is 4.88. The fraction of sp³-hybridized carbons (Fsp3) is 0.391. The van der Waals surface area contributed by atoms with Crippen molar-refractivity contribution < 1.29 is 38.1 Å². The van der Waals surface area contributed by atoms with Gasteiger partial charge in [-0.1, -0.05) is 18.2 Å². The molecule has 2 rings (SSSR count). The average Bonchev–Trinajstić information content (AvgIpc) is 2.88. The lowest BCUT2D eigenvalue weighted by Gasteiger charge is -2.32. The van der Waals surface area contributed by atoms with Gasteiger partial charge in [0.1, 0.15) is 11.4 Å². The number of carbonyl (C=O) groups excluding carboxylic acids is 4. The van der Waals surface area contributed by atoms with E-state index in [0.717, 1.165) is 12.0 Å². The summed E-state index contributed by atoms with van der Waals surface area (Å²) in [6, 6.07) is 9.26. The zero-order chi connectivity index (χ0) is 25.1.